The third-order valence-electron chi connectivity index (χ3n) is 12.8. The maximum Gasteiger partial charge on any atom is 0.276 e. The van der Waals surface area contributed by atoms with Gasteiger partial charge in [0.15, 0.2) is 23.8 Å². The smallest absolute Gasteiger partial charge is 0.253 e. The summed E-state index contributed by atoms with van der Waals surface area (Å²) in [5.41, 5.74) is 1.76. The Hall–Kier alpha value is 1.06. The van der Waals surface area contributed by atoms with Crippen molar-refractivity contribution in [2.45, 2.75) is 141 Å². The quantitative estimate of drug-likeness (QED) is 0.257. The molecule has 0 bridgehead atoms. The van der Waals surface area contributed by atoms with Crippen LogP contribution in [-0.4, -0.2) is 29.6 Å². The van der Waals surface area contributed by atoms with Gasteiger partial charge in [-0.15, -0.1) is 0 Å². The molecule has 6 aliphatic rings. The molecule has 6 saturated heterocycles. The maximum atomic E-state index is 14.5. The fourth-order valence-corrected chi connectivity index (χ4v) is 75.7. The highest BCUT2D eigenvalue weighted by Gasteiger charge is 3.48. The van der Waals surface area contributed by atoms with E-state index in [1.54, 1.807) is 0 Å². The van der Waals surface area contributed by atoms with Crippen molar-refractivity contribution in [3.8, 4) is 0 Å². The van der Waals surface area contributed by atoms with E-state index >= 15 is 0 Å². The van der Waals surface area contributed by atoms with Crippen LogP contribution in [-0.2, 0) is 9.59 Å². The van der Waals surface area contributed by atoms with E-state index in [0.29, 0.717) is 20.3 Å². The van der Waals surface area contributed by atoms with E-state index in [1.165, 1.54) is 12.8 Å². The average molecular weight is 543 g/mol. The van der Waals surface area contributed by atoms with E-state index in [-0.39, 0.29) is 46.8 Å². The summed E-state index contributed by atoms with van der Waals surface area (Å²) in [5.74, 6) is 0. The van der Waals surface area contributed by atoms with E-state index < -0.39 is 14.5 Å². The average Bonchev–Trinajstić information content (AvgIpc) is 2.75. The molecule has 192 valence electrons. The molecule has 0 radical (unpaired) electrons. The van der Waals surface area contributed by atoms with Crippen LogP contribution in [0.5, 0.6) is 0 Å². The fraction of sp³-hybridized carbons (Fsp3) is 0.929. The molecule has 0 aromatic rings. The molecule has 0 aromatic heterocycles. The second-order valence-corrected chi connectivity index (χ2v) is 32.1. The fourth-order valence-electron chi connectivity index (χ4n) is 11.0. The van der Waals surface area contributed by atoms with Crippen LogP contribution < -0.4 is 0 Å². The third kappa shape index (κ3) is 1.49. The normalized spacial score (nSPS) is 49.7. The number of hydrogen-bond acceptors (Lipinski definition) is 2. The molecule has 0 aromatic carbocycles. The topological polar surface area (TPSA) is 34.1 Å². The van der Waals surface area contributed by atoms with Crippen LogP contribution in [0.3, 0.4) is 0 Å². The highest BCUT2D eigenvalue weighted by molar-refractivity contribution is 8.66. The van der Waals surface area contributed by atoms with Gasteiger partial charge in [0.25, 0.3) is 11.0 Å². The molecule has 34 heavy (non-hydrogen) atoms. The molecule has 0 atom stereocenters. The molecule has 0 spiro atoms. The monoisotopic (exact) mass is 542 g/mol. The van der Waals surface area contributed by atoms with E-state index in [9.17, 15) is 9.59 Å². The highest BCUT2D eigenvalue weighted by atomic mass is 31.5. The molecule has 0 aliphatic carbocycles. The Morgan fingerprint density at radius 2 is 0.794 bits per heavy atom. The molecule has 0 saturated carbocycles. The zero-order valence-corrected chi connectivity index (χ0v) is 28.0. The van der Waals surface area contributed by atoms with Crippen LogP contribution >= 0.6 is 30.4 Å². The standard InChI is InChI=1S/C28H50O2P4/c1-15-21(7,8)25-31-26(22(9,10)16-2)32(25)28(24(13,14)18-4)33(25,19(5)29)27(31,23(11,12)17-3)34(26,28)20(6)30/h15-18H2,1-14H3/q+2. The van der Waals surface area contributed by atoms with Crippen LogP contribution in [0.15, 0.2) is 0 Å². The van der Waals surface area contributed by atoms with Crippen molar-refractivity contribution < 1.29 is 9.59 Å². The van der Waals surface area contributed by atoms with E-state index in [1.807, 2.05) is 13.8 Å². The van der Waals surface area contributed by atoms with Gasteiger partial charge < -0.3 is 0 Å². The largest absolute Gasteiger partial charge is 0.276 e. The molecule has 0 unspecified atom stereocenters. The molecule has 6 rings (SSSR count). The Balaban J connectivity index is 1.99. The first-order valence-electron chi connectivity index (χ1n) is 13.8. The van der Waals surface area contributed by atoms with Gasteiger partial charge in [0.1, 0.15) is 0 Å². The van der Waals surface area contributed by atoms with Crippen molar-refractivity contribution >= 4 is 41.4 Å². The minimum absolute atomic E-state index is 0.0907. The summed E-state index contributed by atoms with van der Waals surface area (Å²) in [4.78, 5) is 29.0. The van der Waals surface area contributed by atoms with Crippen LogP contribution in [0.25, 0.3) is 0 Å². The lowest BCUT2D eigenvalue weighted by Crippen LogP contribution is -3.09. The Morgan fingerprint density at radius 3 is 0.971 bits per heavy atom. The lowest BCUT2D eigenvalue weighted by Gasteiger charge is -3.15. The van der Waals surface area contributed by atoms with Gasteiger partial charge in [-0.2, -0.15) is 0 Å². The zero-order valence-electron chi connectivity index (χ0n) is 24.4. The van der Waals surface area contributed by atoms with Gasteiger partial charge in [-0.1, -0.05) is 83.1 Å². The first kappa shape index (κ1) is 26.7. The summed E-state index contributed by atoms with van der Waals surface area (Å²) >= 11 is 0. The van der Waals surface area contributed by atoms with Gasteiger partial charge in [0.2, 0.25) is 9.28 Å². The maximum absolute atomic E-state index is 14.5. The number of hydrogen-bond donors (Lipinski definition) is 0. The summed E-state index contributed by atoms with van der Waals surface area (Å²) in [6, 6.07) is 0. The van der Waals surface area contributed by atoms with Crippen molar-refractivity contribution in [2.24, 2.45) is 21.7 Å². The molecule has 6 heterocycles. The predicted octanol–water partition coefficient (Wildman–Crippen LogP) is 10.5. The van der Waals surface area contributed by atoms with Gasteiger partial charge in [-0.3, -0.25) is 9.59 Å². The van der Waals surface area contributed by atoms with Gasteiger partial charge in [-0.25, -0.2) is 0 Å². The molecule has 6 heteroatoms. The Labute approximate surface area is 213 Å². The minimum Gasteiger partial charge on any atom is -0.253 e. The molecule has 6 fully saturated rings. The van der Waals surface area contributed by atoms with E-state index in [0.717, 1.165) is 12.8 Å². The first-order chi connectivity index (χ1) is 15.4. The van der Waals surface area contributed by atoms with Crippen LogP contribution in [0.1, 0.15) is 123 Å². The molecule has 0 N–H and O–H groups in total. The molecular weight excluding hydrogens is 492 g/mol. The number of carbonyl (C=O) groups excluding carboxylic acids is 2. The Bertz CT molecular complexity index is 937. The van der Waals surface area contributed by atoms with Crippen molar-refractivity contribution in [3.05, 3.63) is 0 Å². The van der Waals surface area contributed by atoms with Gasteiger partial charge in [0.05, 0.1) is 15.8 Å². The molecular formula is C28H50O2P4+2. The van der Waals surface area contributed by atoms with Crippen molar-refractivity contribution in [3.63, 3.8) is 0 Å². The van der Waals surface area contributed by atoms with Crippen LogP contribution in [0, 0.1) is 21.7 Å². The summed E-state index contributed by atoms with van der Waals surface area (Å²) in [7, 11) is -4.63. The zero-order chi connectivity index (χ0) is 26.1. The van der Waals surface area contributed by atoms with Gasteiger partial charge in [0, 0.05) is 35.5 Å². The molecule has 0 amide bonds. The first-order valence-corrected chi connectivity index (χ1v) is 20.0. The van der Waals surface area contributed by atoms with Gasteiger partial charge >= 0.3 is 0 Å². The molecule has 6 aliphatic heterocycles. The Kier molecular flexibility index (Phi) is 4.92. The third-order valence-corrected chi connectivity index (χ3v) is 49.3. The second-order valence-electron chi connectivity index (χ2n) is 14.5. The summed E-state index contributed by atoms with van der Waals surface area (Å²) < 4.78 is 0.843. The predicted molar refractivity (Wildman–Crippen MR) is 156 cm³/mol. The lowest BCUT2D eigenvalue weighted by atomic mass is 9.88. The molecule has 2 nitrogen and oxygen atoms in total. The second kappa shape index (κ2) is 6.27. The van der Waals surface area contributed by atoms with E-state index in [2.05, 4.69) is 83.1 Å². The summed E-state index contributed by atoms with van der Waals surface area (Å²) in [5, 5.41) is 0. The van der Waals surface area contributed by atoms with Crippen LogP contribution in [0.4, 0.5) is 0 Å². The van der Waals surface area contributed by atoms with Crippen LogP contribution in [0.2, 0.25) is 0 Å². The Morgan fingerprint density at radius 1 is 0.559 bits per heavy atom. The minimum atomic E-state index is -2.00. The lowest BCUT2D eigenvalue weighted by molar-refractivity contribution is -0.111. The van der Waals surface area contributed by atoms with E-state index in [4.69, 9.17) is 0 Å². The SMILES string of the molecule is CCC(C)(C)C12P3C4(C(C)(C)CC)P1C1(C(C)(C)CC)[P+]2(C(C)=O)C3(C(C)(C)CC)[P+]41C(C)=O. The van der Waals surface area contributed by atoms with Crippen molar-refractivity contribution in [1.29, 1.82) is 0 Å². The van der Waals surface area contributed by atoms with Crippen molar-refractivity contribution in [1.82, 2.24) is 0 Å². The van der Waals surface area contributed by atoms with Gasteiger partial charge in [-0.05, 0) is 25.7 Å². The number of carbonyl (C=O) groups is 2. The summed E-state index contributed by atoms with van der Waals surface area (Å²) in [6.07, 6.45) is 4.53. The summed E-state index contributed by atoms with van der Waals surface area (Å²) in [6.45, 7) is 33.6. The highest BCUT2D eigenvalue weighted by Crippen LogP contribution is 3.63. The number of rotatable bonds is 10. The van der Waals surface area contributed by atoms with Crippen molar-refractivity contribution in [2.75, 3.05) is 0 Å².